The monoisotopic (exact) mass is 376 g/mol. The van der Waals surface area contributed by atoms with Crippen LogP contribution in [-0.2, 0) is 4.79 Å². The van der Waals surface area contributed by atoms with Crippen molar-refractivity contribution >= 4 is 50.5 Å². The Morgan fingerprint density at radius 2 is 1.91 bits per heavy atom. The zero-order chi connectivity index (χ0) is 16.0. The van der Waals surface area contributed by atoms with Crippen molar-refractivity contribution in [2.24, 2.45) is 4.99 Å². The molecular weight excluding hydrogens is 364 g/mol. The fourth-order valence-corrected chi connectivity index (χ4v) is 3.16. The first-order valence-corrected chi connectivity index (χ1v) is 8.02. The van der Waals surface area contributed by atoms with Crippen molar-refractivity contribution in [1.82, 2.24) is 0 Å². The molecular formula is C17H14BrClN2O. The summed E-state index contributed by atoms with van der Waals surface area (Å²) in [5.74, 6) is -0.201. The molecule has 1 N–H and O–H groups in total. The van der Waals surface area contributed by atoms with Crippen LogP contribution in [0.5, 0.6) is 0 Å². The highest BCUT2D eigenvalue weighted by atomic mass is 79.9. The average molecular weight is 378 g/mol. The van der Waals surface area contributed by atoms with E-state index in [9.17, 15) is 4.79 Å². The Labute approximate surface area is 142 Å². The zero-order valence-electron chi connectivity index (χ0n) is 12.4. The lowest BCUT2D eigenvalue weighted by Gasteiger charge is -2.08. The number of aliphatic imine (C=N–C) groups is 1. The minimum absolute atomic E-state index is 0.201. The molecule has 2 aromatic rings. The second-order valence-electron chi connectivity index (χ2n) is 5.35. The first-order valence-electron chi connectivity index (χ1n) is 6.85. The van der Waals surface area contributed by atoms with Crippen molar-refractivity contribution in [2.75, 3.05) is 5.32 Å². The maximum atomic E-state index is 12.3. The molecule has 0 atom stereocenters. The van der Waals surface area contributed by atoms with Crippen molar-refractivity contribution in [1.29, 1.82) is 0 Å². The molecule has 22 heavy (non-hydrogen) atoms. The summed E-state index contributed by atoms with van der Waals surface area (Å²) in [5, 5.41) is 3.47. The quantitative estimate of drug-likeness (QED) is 0.738. The van der Waals surface area contributed by atoms with Gasteiger partial charge < -0.3 is 5.32 Å². The lowest BCUT2D eigenvalue weighted by Crippen LogP contribution is -2.14. The first-order chi connectivity index (χ1) is 10.4. The summed E-state index contributed by atoms with van der Waals surface area (Å²) >= 11 is 9.66. The van der Waals surface area contributed by atoms with Gasteiger partial charge in [0, 0.05) is 10.0 Å². The molecule has 0 aliphatic carbocycles. The summed E-state index contributed by atoms with van der Waals surface area (Å²) < 4.78 is 0.760. The van der Waals surface area contributed by atoms with E-state index >= 15 is 0 Å². The van der Waals surface area contributed by atoms with Gasteiger partial charge in [-0.1, -0.05) is 23.7 Å². The normalized spacial score (nSPS) is 15.1. The number of carbonyl (C=O) groups is 1. The third-order valence-electron chi connectivity index (χ3n) is 3.97. The predicted octanol–water partition coefficient (Wildman–Crippen LogP) is 5.10. The van der Waals surface area contributed by atoms with Crippen molar-refractivity contribution in [3.05, 3.63) is 56.0 Å². The summed E-state index contributed by atoms with van der Waals surface area (Å²) in [6.45, 7) is 5.92. The van der Waals surface area contributed by atoms with Crippen molar-refractivity contribution in [2.45, 2.75) is 20.8 Å². The van der Waals surface area contributed by atoms with E-state index in [1.807, 2.05) is 45.0 Å². The van der Waals surface area contributed by atoms with Gasteiger partial charge in [-0.05, 0) is 65.5 Å². The van der Waals surface area contributed by atoms with Gasteiger partial charge in [0.15, 0.2) is 0 Å². The van der Waals surface area contributed by atoms with E-state index in [4.69, 9.17) is 11.6 Å². The van der Waals surface area contributed by atoms with Crippen LogP contribution in [0.2, 0.25) is 5.02 Å². The van der Waals surface area contributed by atoms with E-state index in [0.717, 1.165) is 38.1 Å². The molecule has 2 aromatic carbocycles. The SMILES string of the molecule is Cc1cccc(N=C2C(=O)Nc3c2cc(Br)c(Cl)c3C)c1C. The maximum Gasteiger partial charge on any atom is 0.275 e. The number of rotatable bonds is 1. The van der Waals surface area contributed by atoms with E-state index in [1.165, 1.54) is 0 Å². The van der Waals surface area contributed by atoms with Crippen LogP contribution in [0.15, 0.2) is 33.7 Å². The molecule has 0 fully saturated rings. The van der Waals surface area contributed by atoms with Gasteiger partial charge >= 0.3 is 0 Å². The number of fused-ring (bicyclic) bond motifs is 1. The highest BCUT2D eigenvalue weighted by Gasteiger charge is 2.29. The Balaban J connectivity index is 2.21. The van der Waals surface area contributed by atoms with Crippen LogP contribution in [0.4, 0.5) is 11.4 Å². The third-order valence-corrected chi connectivity index (χ3v) is 5.31. The molecule has 112 valence electrons. The molecule has 0 saturated carbocycles. The van der Waals surface area contributed by atoms with Crippen LogP contribution in [0, 0.1) is 20.8 Å². The Bertz CT molecular complexity index is 843. The number of halogens is 2. The zero-order valence-corrected chi connectivity index (χ0v) is 14.8. The highest BCUT2D eigenvalue weighted by Crippen LogP contribution is 2.38. The second kappa shape index (κ2) is 5.52. The topological polar surface area (TPSA) is 41.5 Å². The molecule has 0 radical (unpaired) electrons. The van der Waals surface area contributed by atoms with Crippen molar-refractivity contribution in [3.8, 4) is 0 Å². The van der Waals surface area contributed by atoms with Gasteiger partial charge in [0.25, 0.3) is 5.91 Å². The molecule has 1 amide bonds. The number of hydrogen-bond donors (Lipinski definition) is 1. The number of nitrogens with zero attached hydrogens (tertiary/aromatic N) is 1. The number of hydrogen-bond acceptors (Lipinski definition) is 2. The van der Waals surface area contributed by atoms with Gasteiger partial charge in [0.2, 0.25) is 0 Å². The second-order valence-corrected chi connectivity index (χ2v) is 6.59. The van der Waals surface area contributed by atoms with Crippen LogP contribution >= 0.6 is 27.5 Å². The van der Waals surface area contributed by atoms with Crippen LogP contribution in [0.3, 0.4) is 0 Å². The molecule has 0 aromatic heterocycles. The van der Waals surface area contributed by atoms with Gasteiger partial charge in [0.05, 0.1) is 16.4 Å². The Morgan fingerprint density at radius 1 is 1.18 bits per heavy atom. The van der Waals surface area contributed by atoms with Gasteiger partial charge in [0.1, 0.15) is 5.71 Å². The Morgan fingerprint density at radius 3 is 2.64 bits per heavy atom. The van der Waals surface area contributed by atoms with Gasteiger partial charge in [-0.3, -0.25) is 4.79 Å². The van der Waals surface area contributed by atoms with E-state index in [-0.39, 0.29) is 5.91 Å². The van der Waals surface area contributed by atoms with Crippen LogP contribution in [0.25, 0.3) is 0 Å². The molecule has 0 bridgehead atoms. The molecule has 1 heterocycles. The maximum absolute atomic E-state index is 12.3. The highest BCUT2D eigenvalue weighted by molar-refractivity contribution is 9.10. The minimum atomic E-state index is -0.201. The van der Waals surface area contributed by atoms with E-state index in [0.29, 0.717) is 10.7 Å². The Kier molecular flexibility index (Phi) is 3.83. The average Bonchev–Trinajstić information content (AvgIpc) is 2.78. The third kappa shape index (κ3) is 2.36. The molecule has 5 heteroatoms. The molecule has 3 rings (SSSR count). The summed E-state index contributed by atoms with van der Waals surface area (Å²) in [6.07, 6.45) is 0. The summed E-state index contributed by atoms with van der Waals surface area (Å²) in [7, 11) is 0. The fourth-order valence-electron chi connectivity index (χ4n) is 2.48. The van der Waals surface area contributed by atoms with E-state index in [2.05, 4.69) is 26.2 Å². The number of benzene rings is 2. The summed E-state index contributed by atoms with van der Waals surface area (Å²) in [6, 6.07) is 7.73. The number of aryl methyl sites for hydroxylation is 1. The van der Waals surface area contributed by atoms with E-state index in [1.54, 1.807) is 0 Å². The molecule has 1 aliphatic rings. The Hall–Kier alpha value is -1.65. The molecule has 0 saturated heterocycles. The molecule has 1 aliphatic heterocycles. The molecule has 0 spiro atoms. The van der Waals surface area contributed by atoms with Gasteiger partial charge in [-0.25, -0.2) is 4.99 Å². The van der Waals surface area contributed by atoms with Gasteiger partial charge in [-0.2, -0.15) is 0 Å². The standard InChI is InChI=1S/C17H14BrClN2O/c1-8-5-4-6-13(9(8)2)20-16-11-7-12(18)14(19)10(3)15(11)21-17(16)22/h4-7H,1-3H3,(H,20,21,22). The van der Waals surface area contributed by atoms with Crippen LogP contribution in [0.1, 0.15) is 22.3 Å². The molecule has 3 nitrogen and oxygen atoms in total. The lowest BCUT2D eigenvalue weighted by molar-refractivity contribution is -0.110. The number of carbonyl (C=O) groups excluding carboxylic acids is 1. The summed E-state index contributed by atoms with van der Waals surface area (Å²) in [4.78, 5) is 16.9. The number of amides is 1. The number of nitrogens with one attached hydrogen (secondary N) is 1. The molecule has 0 unspecified atom stereocenters. The van der Waals surface area contributed by atoms with Crippen LogP contribution in [-0.4, -0.2) is 11.6 Å². The smallest absolute Gasteiger partial charge is 0.275 e. The first kappa shape index (κ1) is 15.3. The van der Waals surface area contributed by atoms with E-state index < -0.39 is 0 Å². The number of anilines is 1. The summed E-state index contributed by atoms with van der Waals surface area (Å²) in [5.41, 5.74) is 5.80. The predicted molar refractivity (Wildman–Crippen MR) is 94.6 cm³/mol. The minimum Gasteiger partial charge on any atom is -0.320 e. The van der Waals surface area contributed by atoms with Crippen molar-refractivity contribution < 1.29 is 4.79 Å². The van der Waals surface area contributed by atoms with Crippen LogP contribution < -0.4 is 5.32 Å². The van der Waals surface area contributed by atoms with Gasteiger partial charge in [-0.15, -0.1) is 0 Å². The fraction of sp³-hybridized carbons (Fsp3) is 0.176. The van der Waals surface area contributed by atoms with Crippen molar-refractivity contribution in [3.63, 3.8) is 0 Å². The lowest BCUT2D eigenvalue weighted by atomic mass is 10.1. The largest absolute Gasteiger partial charge is 0.320 e.